The fourth-order valence-corrected chi connectivity index (χ4v) is 10.3. The molecule has 0 aliphatic carbocycles. The van der Waals surface area contributed by atoms with Gasteiger partial charge in [0.25, 0.3) is 0 Å². The van der Waals surface area contributed by atoms with E-state index in [0.29, 0.717) is 0 Å². The molecule has 3 aromatic heterocycles. The van der Waals surface area contributed by atoms with Gasteiger partial charge >= 0.3 is 0 Å². The molecule has 3 heterocycles. The van der Waals surface area contributed by atoms with Gasteiger partial charge in [-0.1, -0.05) is 133 Å². The van der Waals surface area contributed by atoms with Gasteiger partial charge < -0.3 is 9.13 Å². The number of hydrogen-bond donors (Lipinski definition) is 0. The van der Waals surface area contributed by atoms with E-state index in [2.05, 4.69) is 215 Å². The van der Waals surface area contributed by atoms with Gasteiger partial charge in [-0.15, -0.1) is 11.3 Å². The van der Waals surface area contributed by atoms with Crippen molar-refractivity contribution < 1.29 is 0 Å². The van der Waals surface area contributed by atoms with Crippen LogP contribution >= 0.6 is 11.3 Å². The van der Waals surface area contributed by atoms with Gasteiger partial charge in [-0.25, -0.2) is 0 Å². The summed E-state index contributed by atoms with van der Waals surface area (Å²) >= 11 is 1.89. The molecule has 2 nitrogen and oxygen atoms in total. The van der Waals surface area contributed by atoms with Gasteiger partial charge in [0.1, 0.15) is 0 Å². The van der Waals surface area contributed by atoms with Crippen LogP contribution in [0, 0.1) is 0 Å². The zero-order valence-electron chi connectivity index (χ0n) is 30.9. The van der Waals surface area contributed by atoms with Gasteiger partial charge in [0.15, 0.2) is 0 Å². The lowest BCUT2D eigenvalue weighted by atomic mass is 9.92. The Bertz CT molecular complexity index is 3340. The van der Waals surface area contributed by atoms with Crippen molar-refractivity contribution in [3.63, 3.8) is 0 Å². The van der Waals surface area contributed by atoms with Crippen molar-refractivity contribution in [2.24, 2.45) is 0 Å². The third-order valence-corrected chi connectivity index (χ3v) is 12.9. The highest BCUT2D eigenvalue weighted by molar-refractivity contribution is 7.26. The van der Waals surface area contributed by atoms with E-state index in [1.807, 2.05) is 11.3 Å². The van der Waals surface area contributed by atoms with Crippen LogP contribution in [0.1, 0.15) is 0 Å². The molecule has 3 heteroatoms. The van der Waals surface area contributed by atoms with Crippen LogP contribution in [0.4, 0.5) is 0 Å². The maximum Gasteiger partial charge on any atom is 0.0547 e. The average molecular weight is 743 g/mol. The van der Waals surface area contributed by atoms with Gasteiger partial charge in [0, 0.05) is 53.1 Å². The Morgan fingerprint density at radius 3 is 1.32 bits per heavy atom. The molecule has 0 aliphatic rings. The molecule has 0 aliphatic heterocycles. The number of rotatable bonds is 5. The Hall–Kier alpha value is -7.20. The first-order valence-corrected chi connectivity index (χ1v) is 20.3. The molecule has 0 N–H and O–H groups in total. The highest BCUT2D eigenvalue weighted by Gasteiger charge is 2.18. The van der Waals surface area contributed by atoms with Gasteiger partial charge in [-0.05, 0) is 106 Å². The summed E-state index contributed by atoms with van der Waals surface area (Å²) in [6.45, 7) is 0. The van der Waals surface area contributed by atoms with Crippen LogP contribution in [0.15, 0.2) is 206 Å². The molecule has 0 amide bonds. The molecule has 12 aromatic rings. The fraction of sp³-hybridized carbons (Fsp3) is 0. The summed E-state index contributed by atoms with van der Waals surface area (Å²) in [5.74, 6) is 0. The maximum absolute atomic E-state index is 2.41. The third kappa shape index (κ3) is 5.03. The van der Waals surface area contributed by atoms with Crippen molar-refractivity contribution in [2.45, 2.75) is 0 Å². The molecule has 0 bridgehead atoms. The second kappa shape index (κ2) is 12.7. The van der Waals surface area contributed by atoms with Crippen LogP contribution in [-0.4, -0.2) is 9.13 Å². The quantitative estimate of drug-likeness (QED) is 0.166. The van der Waals surface area contributed by atoms with E-state index in [4.69, 9.17) is 0 Å². The summed E-state index contributed by atoms with van der Waals surface area (Å²) in [4.78, 5) is 0. The molecule has 12 rings (SSSR count). The molecule has 0 radical (unpaired) electrons. The highest BCUT2D eigenvalue weighted by atomic mass is 32.1. The van der Waals surface area contributed by atoms with Gasteiger partial charge in [0.2, 0.25) is 0 Å². The normalized spacial score (nSPS) is 11.9. The summed E-state index contributed by atoms with van der Waals surface area (Å²) in [6.07, 6.45) is 0. The minimum Gasteiger partial charge on any atom is -0.309 e. The highest BCUT2D eigenvalue weighted by Crippen LogP contribution is 2.44. The lowest BCUT2D eigenvalue weighted by molar-refractivity contribution is 1.18. The zero-order valence-corrected chi connectivity index (χ0v) is 31.7. The maximum atomic E-state index is 2.41. The number of hydrogen-bond acceptors (Lipinski definition) is 1. The topological polar surface area (TPSA) is 9.86 Å². The zero-order chi connectivity index (χ0) is 37.5. The first-order chi connectivity index (χ1) is 28.3. The summed E-state index contributed by atoms with van der Waals surface area (Å²) in [5.41, 5.74) is 14.4. The van der Waals surface area contributed by atoms with Crippen LogP contribution in [-0.2, 0) is 0 Å². The van der Waals surface area contributed by atoms with E-state index in [1.54, 1.807) is 0 Å². The van der Waals surface area contributed by atoms with E-state index in [9.17, 15) is 0 Å². The molecule has 57 heavy (non-hydrogen) atoms. The van der Waals surface area contributed by atoms with E-state index < -0.39 is 0 Å². The lowest BCUT2D eigenvalue weighted by Gasteiger charge is -2.14. The second-order valence-corrected chi connectivity index (χ2v) is 16.0. The smallest absolute Gasteiger partial charge is 0.0547 e. The Morgan fingerprint density at radius 2 is 0.737 bits per heavy atom. The van der Waals surface area contributed by atoms with E-state index in [0.717, 1.165) is 11.4 Å². The SMILES string of the molecule is c1ccc(-n2c3ccccc3c3ccc(-c4cc(-c5ccc6c7ccccc7n(-c7ccccc7)c6c5)cc(-c5cccc6c5sc5ccccc56)c4)cc32)cc1. The Labute approximate surface area is 333 Å². The van der Waals surface area contributed by atoms with Crippen LogP contribution < -0.4 is 0 Å². The summed E-state index contributed by atoms with van der Waals surface area (Å²) in [7, 11) is 0. The number of aromatic nitrogens is 2. The number of nitrogens with zero attached hydrogens (tertiary/aromatic N) is 2. The van der Waals surface area contributed by atoms with Gasteiger partial charge in [-0.3, -0.25) is 0 Å². The Morgan fingerprint density at radius 1 is 0.281 bits per heavy atom. The molecular weight excluding hydrogens is 709 g/mol. The van der Waals surface area contributed by atoms with Crippen LogP contribution in [0.2, 0.25) is 0 Å². The first-order valence-electron chi connectivity index (χ1n) is 19.5. The van der Waals surface area contributed by atoms with E-state index in [1.165, 1.54) is 97.2 Å². The monoisotopic (exact) mass is 742 g/mol. The van der Waals surface area contributed by atoms with Crippen LogP contribution in [0.25, 0.3) is 109 Å². The largest absolute Gasteiger partial charge is 0.309 e. The fourth-order valence-electron chi connectivity index (χ4n) is 9.10. The Balaban J connectivity index is 1.12. The standard InChI is InChI=1S/C54H34N2S/c1-3-14-40(15-4-1)55-49-23-10-7-18-43(49)45-28-26-35(33-51(45)55)37-30-38(32-39(31-37)42-21-13-22-48-47-20-9-12-25-53(47)57-54(42)48)36-27-29-46-44-19-8-11-24-50(44)56(52(46)34-36)41-16-5-2-6-17-41/h1-34H. The van der Waals surface area contributed by atoms with Crippen molar-refractivity contribution in [1.29, 1.82) is 0 Å². The van der Waals surface area contributed by atoms with Crippen molar-refractivity contribution in [1.82, 2.24) is 9.13 Å². The average Bonchev–Trinajstić information content (AvgIpc) is 3.94. The molecule has 0 saturated carbocycles. The summed E-state index contributed by atoms with van der Waals surface area (Å²) < 4.78 is 7.45. The van der Waals surface area contributed by atoms with Crippen molar-refractivity contribution in [2.75, 3.05) is 0 Å². The predicted octanol–water partition coefficient (Wildman–Crippen LogP) is 15.2. The molecule has 0 saturated heterocycles. The number of benzene rings is 9. The van der Waals surface area contributed by atoms with Crippen LogP contribution in [0.5, 0.6) is 0 Å². The Kier molecular flexibility index (Phi) is 7.13. The molecule has 266 valence electrons. The van der Waals surface area contributed by atoms with Crippen molar-refractivity contribution >= 4 is 75.1 Å². The number of thiophene rings is 1. The molecule has 0 unspecified atom stereocenters. The number of fused-ring (bicyclic) bond motifs is 9. The molecule has 0 atom stereocenters. The minimum atomic E-state index is 1.16. The molecular formula is C54H34N2S. The van der Waals surface area contributed by atoms with Crippen molar-refractivity contribution in [3.8, 4) is 44.8 Å². The predicted molar refractivity (Wildman–Crippen MR) is 244 cm³/mol. The van der Waals surface area contributed by atoms with E-state index >= 15 is 0 Å². The van der Waals surface area contributed by atoms with Crippen molar-refractivity contribution in [3.05, 3.63) is 206 Å². The number of para-hydroxylation sites is 4. The first kappa shape index (κ1) is 32.1. The summed E-state index contributed by atoms with van der Waals surface area (Å²) in [6, 6.07) is 75.8. The summed E-state index contributed by atoms with van der Waals surface area (Å²) in [5, 5.41) is 7.65. The third-order valence-electron chi connectivity index (χ3n) is 11.7. The molecule has 9 aromatic carbocycles. The molecule has 0 spiro atoms. The minimum absolute atomic E-state index is 1.16. The molecule has 0 fully saturated rings. The van der Waals surface area contributed by atoms with Gasteiger partial charge in [-0.2, -0.15) is 0 Å². The van der Waals surface area contributed by atoms with Crippen LogP contribution in [0.3, 0.4) is 0 Å². The van der Waals surface area contributed by atoms with E-state index in [-0.39, 0.29) is 0 Å². The lowest BCUT2D eigenvalue weighted by Crippen LogP contribution is -1.94. The van der Waals surface area contributed by atoms with Gasteiger partial charge in [0.05, 0.1) is 22.1 Å². The second-order valence-electron chi connectivity index (χ2n) is 14.9.